The fourth-order valence-electron chi connectivity index (χ4n) is 4.35. The molecule has 4 aromatic rings. The first-order valence-corrected chi connectivity index (χ1v) is 12.2. The second-order valence-electron chi connectivity index (χ2n) is 7.85. The van der Waals surface area contributed by atoms with Crippen molar-refractivity contribution in [2.24, 2.45) is 0 Å². The van der Waals surface area contributed by atoms with Gasteiger partial charge in [0.1, 0.15) is 11.4 Å². The van der Waals surface area contributed by atoms with Gasteiger partial charge in [0.05, 0.1) is 10.6 Å². The van der Waals surface area contributed by atoms with Crippen LogP contribution in [0.5, 0.6) is 5.75 Å². The Labute approximate surface area is 184 Å². The van der Waals surface area contributed by atoms with Gasteiger partial charge in [-0.05, 0) is 35.2 Å². The molecular weight excluding hydrogens is 436 g/mol. The summed E-state index contributed by atoms with van der Waals surface area (Å²) >= 11 is 6.25. The highest BCUT2D eigenvalue weighted by Gasteiger charge is 2.35. The van der Waals surface area contributed by atoms with E-state index in [1.54, 1.807) is 29.2 Å². The minimum atomic E-state index is -3.35. The third kappa shape index (κ3) is 3.16. The lowest BCUT2D eigenvalue weighted by molar-refractivity contribution is 0.0984. The summed E-state index contributed by atoms with van der Waals surface area (Å²) in [6, 6.07) is 15.5. The van der Waals surface area contributed by atoms with Gasteiger partial charge in [0.2, 0.25) is 0 Å². The number of halogens is 1. The molecule has 0 saturated carbocycles. The summed E-state index contributed by atoms with van der Waals surface area (Å²) in [6.45, 7) is 0.398. The fraction of sp³-hybridized carbons (Fsp3) is 0.174. The highest BCUT2D eigenvalue weighted by Crippen LogP contribution is 2.45. The maximum atomic E-state index is 13.4. The number of sulfone groups is 1. The van der Waals surface area contributed by atoms with Gasteiger partial charge in [0, 0.05) is 47.0 Å². The molecule has 0 saturated heterocycles. The molecule has 1 aliphatic heterocycles. The maximum absolute atomic E-state index is 13.4. The van der Waals surface area contributed by atoms with Crippen molar-refractivity contribution in [3.8, 4) is 5.75 Å². The molecule has 3 aromatic carbocycles. The third-order valence-electron chi connectivity index (χ3n) is 5.83. The number of phenols is 1. The molecule has 0 aliphatic carbocycles. The van der Waals surface area contributed by atoms with E-state index in [0.717, 1.165) is 22.6 Å². The van der Waals surface area contributed by atoms with Crippen molar-refractivity contribution in [1.82, 2.24) is 4.98 Å². The monoisotopic (exact) mass is 454 g/mol. The van der Waals surface area contributed by atoms with Crippen LogP contribution >= 0.6 is 11.6 Å². The molecule has 1 aliphatic rings. The standard InChI is InChI=1S/C23H19ClN2O4S/c1-31(29,30)15-6-7-18-13(8-15)9-19(25-18)23(28)26-12-14(11-24)22-17-5-3-2-4-16(17)21(27)10-20(22)26/h2-10,14,25,27H,11-12H2,1H3/t14-/m1/s1. The van der Waals surface area contributed by atoms with Gasteiger partial charge in [0.25, 0.3) is 5.91 Å². The zero-order chi connectivity index (χ0) is 21.9. The molecule has 2 N–H and O–H groups in total. The smallest absolute Gasteiger partial charge is 0.274 e. The lowest BCUT2D eigenvalue weighted by atomic mass is 9.95. The van der Waals surface area contributed by atoms with Crippen molar-refractivity contribution in [3.63, 3.8) is 0 Å². The van der Waals surface area contributed by atoms with Crippen LogP contribution in [0, 0.1) is 0 Å². The van der Waals surface area contributed by atoms with Crippen molar-refractivity contribution in [2.75, 3.05) is 23.6 Å². The van der Waals surface area contributed by atoms with E-state index in [1.807, 2.05) is 24.3 Å². The van der Waals surface area contributed by atoms with E-state index in [1.165, 1.54) is 6.07 Å². The van der Waals surface area contributed by atoms with Gasteiger partial charge in [-0.3, -0.25) is 4.79 Å². The van der Waals surface area contributed by atoms with Gasteiger partial charge in [-0.1, -0.05) is 24.3 Å². The summed E-state index contributed by atoms with van der Waals surface area (Å²) in [5.41, 5.74) is 2.61. The van der Waals surface area contributed by atoms with Gasteiger partial charge >= 0.3 is 0 Å². The van der Waals surface area contributed by atoms with Gasteiger partial charge < -0.3 is 15.0 Å². The molecule has 158 valence electrons. The Bertz CT molecular complexity index is 1480. The molecule has 2 heterocycles. The fourth-order valence-corrected chi connectivity index (χ4v) is 5.26. The quantitative estimate of drug-likeness (QED) is 0.448. The summed E-state index contributed by atoms with van der Waals surface area (Å²) in [4.78, 5) is 18.3. The first kappa shape index (κ1) is 19.9. The molecule has 0 fully saturated rings. The molecule has 1 aromatic heterocycles. The number of carbonyl (C=O) groups is 1. The summed E-state index contributed by atoms with van der Waals surface area (Å²) in [5, 5.41) is 12.8. The third-order valence-corrected chi connectivity index (χ3v) is 7.31. The van der Waals surface area contributed by atoms with Crippen molar-refractivity contribution in [2.45, 2.75) is 10.8 Å². The number of hydrogen-bond donors (Lipinski definition) is 2. The van der Waals surface area contributed by atoms with E-state index in [9.17, 15) is 18.3 Å². The minimum absolute atomic E-state index is 0.0627. The summed E-state index contributed by atoms with van der Waals surface area (Å²) < 4.78 is 23.7. The van der Waals surface area contributed by atoms with Gasteiger partial charge in [-0.15, -0.1) is 11.6 Å². The average Bonchev–Trinajstić information content (AvgIpc) is 3.33. The van der Waals surface area contributed by atoms with Crippen LogP contribution in [0.15, 0.2) is 59.5 Å². The maximum Gasteiger partial charge on any atom is 0.274 e. The number of rotatable bonds is 3. The summed E-state index contributed by atoms with van der Waals surface area (Å²) in [5.74, 6) is 0.125. The van der Waals surface area contributed by atoms with E-state index in [4.69, 9.17) is 11.6 Å². The van der Waals surface area contributed by atoms with E-state index in [-0.39, 0.29) is 22.5 Å². The number of amides is 1. The zero-order valence-electron chi connectivity index (χ0n) is 16.6. The van der Waals surface area contributed by atoms with Crippen molar-refractivity contribution in [1.29, 1.82) is 0 Å². The van der Waals surface area contributed by atoms with Crippen LogP contribution in [0.3, 0.4) is 0 Å². The summed E-state index contributed by atoms with van der Waals surface area (Å²) in [7, 11) is -3.35. The number of aromatic nitrogens is 1. The Balaban J connectivity index is 1.61. The molecular formula is C23H19ClN2O4S. The molecule has 5 rings (SSSR count). The lowest BCUT2D eigenvalue weighted by Gasteiger charge is -2.17. The highest BCUT2D eigenvalue weighted by atomic mass is 35.5. The van der Waals surface area contributed by atoms with Crippen LogP contribution in [0.1, 0.15) is 22.0 Å². The van der Waals surface area contributed by atoms with E-state index in [0.29, 0.717) is 34.7 Å². The average molecular weight is 455 g/mol. The van der Waals surface area contributed by atoms with E-state index >= 15 is 0 Å². The van der Waals surface area contributed by atoms with Crippen molar-refractivity contribution < 1.29 is 18.3 Å². The van der Waals surface area contributed by atoms with Crippen molar-refractivity contribution >= 4 is 54.7 Å². The largest absolute Gasteiger partial charge is 0.507 e. The number of carbonyl (C=O) groups excluding carboxylic acids is 1. The molecule has 1 atom stereocenters. The van der Waals surface area contributed by atoms with Crippen LogP contribution in [0.25, 0.3) is 21.7 Å². The number of hydrogen-bond acceptors (Lipinski definition) is 4. The molecule has 1 amide bonds. The van der Waals surface area contributed by atoms with E-state index in [2.05, 4.69) is 4.98 Å². The SMILES string of the molecule is CS(=O)(=O)c1ccc2[nH]c(C(=O)N3C[C@@H](CCl)c4c3cc(O)c3ccccc43)cc2c1. The van der Waals surface area contributed by atoms with Crippen LogP contribution in [-0.2, 0) is 9.84 Å². The number of aromatic amines is 1. The molecule has 8 heteroatoms. The number of nitrogens with one attached hydrogen (secondary N) is 1. The van der Waals surface area contributed by atoms with Gasteiger partial charge in [-0.25, -0.2) is 8.42 Å². The molecule has 0 unspecified atom stereocenters. The normalized spacial score (nSPS) is 16.2. The predicted molar refractivity (Wildman–Crippen MR) is 122 cm³/mol. The first-order valence-electron chi connectivity index (χ1n) is 9.73. The van der Waals surface area contributed by atoms with Crippen LogP contribution < -0.4 is 4.90 Å². The number of aromatic hydroxyl groups is 1. The molecule has 0 spiro atoms. The van der Waals surface area contributed by atoms with Gasteiger partial charge in [-0.2, -0.15) is 0 Å². The van der Waals surface area contributed by atoms with Crippen LogP contribution in [0.2, 0.25) is 0 Å². The van der Waals surface area contributed by atoms with Gasteiger partial charge in [0.15, 0.2) is 9.84 Å². The van der Waals surface area contributed by atoms with E-state index < -0.39 is 9.84 Å². The van der Waals surface area contributed by atoms with Crippen molar-refractivity contribution in [3.05, 3.63) is 65.9 Å². The lowest BCUT2D eigenvalue weighted by Crippen LogP contribution is -2.30. The minimum Gasteiger partial charge on any atom is -0.507 e. The molecule has 6 nitrogen and oxygen atoms in total. The Morgan fingerprint density at radius 2 is 1.90 bits per heavy atom. The highest BCUT2D eigenvalue weighted by molar-refractivity contribution is 7.90. The van der Waals surface area contributed by atoms with Crippen LogP contribution in [-0.4, -0.2) is 43.1 Å². The topological polar surface area (TPSA) is 90.5 Å². The van der Waals surface area contributed by atoms with Crippen LogP contribution in [0.4, 0.5) is 5.69 Å². The summed E-state index contributed by atoms with van der Waals surface area (Å²) in [6.07, 6.45) is 1.15. The number of alkyl halides is 1. The molecule has 0 bridgehead atoms. The molecule has 31 heavy (non-hydrogen) atoms. The number of nitrogens with zero attached hydrogens (tertiary/aromatic N) is 1. The number of anilines is 1. The Morgan fingerprint density at radius 1 is 1.16 bits per heavy atom. The zero-order valence-corrected chi connectivity index (χ0v) is 18.2. The first-order chi connectivity index (χ1) is 14.8. The predicted octanol–water partition coefficient (Wildman–Crippen LogP) is 4.41. The second kappa shape index (κ2) is 7.00. The number of H-pyrrole nitrogens is 1. The second-order valence-corrected chi connectivity index (χ2v) is 10.2. The Morgan fingerprint density at radius 3 is 2.61 bits per heavy atom. The Kier molecular flexibility index (Phi) is 4.50. The molecule has 0 radical (unpaired) electrons. The Hall–Kier alpha value is -3.03. The number of phenolic OH excluding ortho intramolecular Hbond substituents is 1. The number of fused-ring (bicyclic) bond motifs is 4. The number of benzene rings is 3.